The summed E-state index contributed by atoms with van der Waals surface area (Å²) in [5, 5.41) is 5.87. The maximum absolute atomic E-state index is 13.5. The van der Waals surface area contributed by atoms with Gasteiger partial charge in [0, 0.05) is 44.5 Å². The Morgan fingerprint density at radius 3 is 2.61 bits per heavy atom. The van der Waals surface area contributed by atoms with Gasteiger partial charge in [0.2, 0.25) is 5.95 Å². The van der Waals surface area contributed by atoms with E-state index in [1.54, 1.807) is 18.2 Å². The third kappa shape index (κ3) is 5.20. The largest absolute Gasteiger partial charge is 0.495 e. The first-order valence-corrected chi connectivity index (χ1v) is 12.5. The molecule has 3 aromatic rings. The molecule has 0 spiro atoms. The van der Waals surface area contributed by atoms with Crippen molar-refractivity contribution < 1.29 is 27.4 Å². The van der Waals surface area contributed by atoms with Crippen LogP contribution >= 0.6 is 0 Å². The molecule has 2 aliphatic rings. The number of ether oxygens (including phenoxy) is 2. The van der Waals surface area contributed by atoms with Crippen LogP contribution in [0.5, 0.6) is 5.75 Å². The van der Waals surface area contributed by atoms with E-state index in [0.29, 0.717) is 49.1 Å². The lowest BCUT2D eigenvalue weighted by Gasteiger charge is -2.42. The Bertz CT molecular complexity index is 1300. The molecule has 3 N–H and O–H groups in total. The number of hydrogen-bond donors (Lipinski definition) is 3. The van der Waals surface area contributed by atoms with Crippen molar-refractivity contribution in [2.75, 3.05) is 63.7 Å². The van der Waals surface area contributed by atoms with Gasteiger partial charge in [-0.3, -0.25) is 9.69 Å². The second kappa shape index (κ2) is 10.7. The molecule has 2 aromatic heterocycles. The normalized spacial score (nSPS) is 16.9. The van der Waals surface area contributed by atoms with Crippen LogP contribution in [0, 0.1) is 0 Å². The highest BCUT2D eigenvalue weighted by molar-refractivity contribution is 5.96. The molecule has 2 fully saturated rings. The number of H-pyrrole nitrogens is 1. The number of carbonyl (C=O) groups excluding carboxylic acids is 1. The Kier molecular flexibility index (Phi) is 7.30. The molecular weight excluding hydrogens is 503 g/mol. The Morgan fingerprint density at radius 1 is 1.21 bits per heavy atom. The minimum Gasteiger partial charge on any atom is -0.495 e. The predicted octanol–water partition coefficient (Wildman–Crippen LogP) is 3.71. The van der Waals surface area contributed by atoms with E-state index in [0.717, 1.165) is 32.5 Å². The summed E-state index contributed by atoms with van der Waals surface area (Å²) >= 11 is 0. The molecule has 4 heterocycles. The van der Waals surface area contributed by atoms with Crippen molar-refractivity contribution in [2.45, 2.75) is 25.6 Å². The molecule has 38 heavy (non-hydrogen) atoms. The summed E-state index contributed by atoms with van der Waals surface area (Å²) in [4.78, 5) is 28.5. The van der Waals surface area contributed by atoms with E-state index >= 15 is 0 Å². The summed E-state index contributed by atoms with van der Waals surface area (Å²) in [6.07, 6.45) is -2.96. The zero-order valence-electron chi connectivity index (χ0n) is 21.2. The highest BCUT2D eigenvalue weighted by atomic mass is 19.4. The van der Waals surface area contributed by atoms with E-state index in [1.165, 1.54) is 7.11 Å². The van der Waals surface area contributed by atoms with Gasteiger partial charge in [0.15, 0.2) is 0 Å². The topological polar surface area (TPSA) is 108 Å². The average Bonchev–Trinajstić information content (AvgIpc) is 3.31. The fraction of sp³-hybridized carbons (Fsp3) is 0.480. The van der Waals surface area contributed by atoms with E-state index in [9.17, 15) is 18.0 Å². The van der Waals surface area contributed by atoms with Gasteiger partial charge < -0.3 is 30.0 Å². The standard InChI is InChI=1S/C25H30F3N7O3/c1-3-6-29-21-20-17(25(26,27)28)12-30-22(20)33-24(32-21)31-18-5-4-15(11-19(18)37-2)23(36)35-9-7-34(8-10-35)16-13-38-14-16/h4-5,11-12,16H,3,6-10,13-14H2,1-2H3,(H3,29,30,31,32,33). The van der Waals surface area contributed by atoms with Crippen LogP contribution in [0.25, 0.3) is 11.0 Å². The molecule has 1 aromatic carbocycles. The van der Waals surface area contributed by atoms with E-state index in [2.05, 4.69) is 30.5 Å². The number of carbonyl (C=O) groups is 1. The lowest BCUT2D eigenvalue weighted by Crippen LogP contribution is -2.57. The Hall–Kier alpha value is -3.58. The highest BCUT2D eigenvalue weighted by Gasteiger charge is 2.36. The second-order valence-corrected chi connectivity index (χ2v) is 9.31. The minimum absolute atomic E-state index is 0.0480. The number of nitrogens with zero attached hydrogens (tertiary/aromatic N) is 4. The first kappa shape index (κ1) is 26.0. The van der Waals surface area contributed by atoms with Crippen molar-refractivity contribution in [3.05, 3.63) is 35.5 Å². The van der Waals surface area contributed by atoms with Gasteiger partial charge in [-0.15, -0.1) is 0 Å². The lowest BCUT2D eigenvalue weighted by atomic mass is 10.1. The summed E-state index contributed by atoms with van der Waals surface area (Å²) in [5.74, 6) is 0.455. The van der Waals surface area contributed by atoms with Crippen LogP contribution in [0.15, 0.2) is 24.4 Å². The molecule has 2 aliphatic heterocycles. The molecule has 0 bridgehead atoms. The van der Waals surface area contributed by atoms with E-state index in [-0.39, 0.29) is 28.7 Å². The van der Waals surface area contributed by atoms with Crippen LogP contribution in [0.3, 0.4) is 0 Å². The van der Waals surface area contributed by atoms with Crippen molar-refractivity contribution >= 4 is 34.4 Å². The molecule has 0 unspecified atom stereocenters. The van der Waals surface area contributed by atoms with Crippen LogP contribution in [0.1, 0.15) is 29.3 Å². The predicted molar refractivity (Wildman–Crippen MR) is 136 cm³/mol. The van der Waals surface area contributed by atoms with Crippen LogP contribution in [0.4, 0.5) is 30.6 Å². The van der Waals surface area contributed by atoms with E-state index in [4.69, 9.17) is 9.47 Å². The number of fused-ring (bicyclic) bond motifs is 1. The highest BCUT2D eigenvalue weighted by Crippen LogP contribution is 2.38. The Morgan fingerprint density at radius 2 is 1.97 bits per heavy atom. The first-order chi connectivity index (χ1) is 18.3. The molecule has 0 saturated carbocycles. The van der Waals surface area contributed by atoms with Gasteiger partial charge in [-0.25, -0.2) is 0 Å². The average molecular weight is 534 g/mol. The molecular formula is C25H30F3N7O3. The third-order valence-electron chi connectivity index (χ3n) is 6.81. The van der Waals surface area contributed by atoms with Gasteiger partial charge in [-0.1, -0.05) is 6.92 Å². The van der Waals surface area contributed by atoms with E-state index in [1.807, 2.05) is 11.8 Å². The number of alkyl halides is 3. The third-order valence-corrected chi connectivity index (χ3v) is 6.81. The smallest absolute Gasteiger partial charge is 0.418 e. The van der Waals surface area contributed by atoms with Gasteiger partial charge >= 0.3 is 6.18 Å². The van der Waals surface area contributed by atoms with Crippen molar-refractivity contribution in [2.24, 2.45) is 0 Å². The summed E-state index contributed by atoms with van der Waals surface area (Å²) in [5.41, 5.74) is 0.169. The Labute approximate surface area is 217 Å². The van der Waals surface area contributed by atoms with Crippen molar-refractivity contribution in [3.8, 4) is 5.75 Å². The molecule has 13 heteroatoms. The van der Waals surface area contributed by atoms with Gasteiger partial charge in [0.25, 0.3) is 5.91 Å². The van der Waals surface area contributed by atoms with Crippen LogP contribution in [0.2, 0.25) is 0 Å². The number of halogens is 3. The fourth-order valence-corrected chi connectivity index (χ4v) is 4.64. The van der Waals surface area contributed by atoms with Gasteiger partial charge in [0.1, 0.15) is 17.2 Å². The first-order valence-electron chi connectivity index (χ1n) is 12.5. The van der Waals surface area contributed by atoms with Crippen molar-refractivity contribution in [1.29, 1.82) is 0 Å². The number of nitrogens with one attached hydrogen (secondary N) is 3. The number of rotatable bonds is 8. The number of aromatic amines is 1. The zero-order chi connectivity index (χ0) is 26.9. The number of methoxy groups -OCH3 is 1. The van der Waals surface area contributed by atoms with Crippen molar-refractivity contribution in [1.82, 2.24) is 24.8 Å². The van der Waals surface area contributed by atoms with Crippen LogP contribution in [-0.2, 0) is 10.9 Å². The van der Waals surface area contributed by atoms with Gasteiger partial charge in [-0.2, -0.15) is 23.1 Å². The summed E-state index contributed by atoms with van der Waals surface area (Å²) < 4.78 is 51.4. The number of benzene rings is 1. The molecule has 10 nitrogen and oxygen atoms in total. The summed E-state index contributed by atoms with van der Waals surface area (Å²) in [6.45, 7) is 6.73. The van der Waals surface area contributed by atoms with Crippen LogP contribution in [-0.4, -0.2) is 89.7 Å². The molecule has 0 atom stereocenters. The van der Waals surface area contributed by atoms with Crippen molar-refractivity contribution in [3.63, 3.8) is 0 Å². The van der Waals surface area contributed by atoms with Gasteiger partial charge in [-0.05, 0) is 24.6 Å². The molecule has 1 amide bonds. The summed E-state index contributed by atoms with van der Waals surface area (Å²) in [7, 11) is 1.48. The molecule has 204 valence electrons. The molecule has 5 rings (SSSR count). The zero-order valence-corrected chi connectivity index (χ0v) is 21.2. The molecule has 2 saturated heterocycles. The number of anilines is 3. The maximum atomic E-state index is 13.5. The van der Waals surface area contributed by atoms with Crippen LogP contribution < -0.4 is 15.4 Å². The van der Waals surface area contributed by atoms with E-state index < -0.39 is 11.7 Å². The number of aromatic nitrogens is 3. The quantitative estimate of drug-likeness (QED) is 0.402. The monoisotopic (exact) mass is 533 g/mol. The number of piperazine rings is 1. The molecule has 0 radical (unpaired) electrons. The Balaban J connectivity index is 1.35. The maximum Gasteiger partial charge on any atom is 0.418 e. The number of hydrogen-bond acceptors (Lipinski definition) is 8. The molecule has 0 aliphatic carbocycles. The minimum atomic E-state index is -4.55. The lowest BCUT2D eigenvalue weighted by molar-refractivity contribution is -0.136. The second-order valence-electron chi connectivity index (χ2n) is 9.31. The van der Waals surface area contributed by atoms with Gasteiger partial charge in [0.05, 0.1) is 43.0 Å². The SMILES string of the molecule is CCCNc1nc(Nc2ccc(C(=O)N3CCN(C4COC4)CC3)cc2OC)nc2[nH]cc(C(F)(F)F)c12. The summed E-state index contributed by atoms with van der Waals surface area (Å²) in [6, 6.07) is 5.45. The number of amides is 1. The fourth-order valence-electron chi connectivity index (χ4n) is 4.64.